The lowest BCUT2D eigenvalue weighted by atomic mass is 10.1. The standard InChI is InChI=1S/C18H17N3O3S/c1-20-14-6-2-3-7-15(14)25-18(20)19-17(23)12-9-16(22)21(10-12)11-13-5-4-8-24-13/h2-8,12H,9-11H2,1H3/t12-/m0/s1. The lowest BCUT2D eigenvalue weighted by Crippen LogP contribution is -2.26. The van der Waals surface area contributed by atoms with Crippen LogP contribution >= 0.6 is 11.3 Å². The van der Waals surface area contributed by atoms with Crippen molar-refractivity contribution in [1.29, 1.82) is 0 Å². The molecule has 4 rings (SSSR count). The van der Waals surface area contributed by atoms with Crippen molar-refractivity contribution in [2.45, 2.75) is 13.0 Å². The zero-order valence-electron chi connectivity index (χ0n) is 13.7. The number of amides is 2. The number of carbonyl (C=O) groups excluding carboxylic acids is 2. The molecule has 1 fully saturated rings. The van der Waals surface area contributed by atoms with E-state index in [-0.39, 0.29) is 18.2 Å². The molecule has 1 aliphatic heterocycles. The fourth-order valence-electron chi connectivity index (χ4n) is 3.05. The maximum absolute atomic E-state index is 12.6. The minimum Gasteiger partial charge on any atom is -0.467 e. The lowest BCUT2D eigenvalue weighted by Gasteiger charge is -2.13. The van der Waals surface area contributed by atoms with E-state index >= 15 is 0 Å². The van der Waals surface area contributed by atoms with Crippen molar-refractivity contribution in [3.8, 4) is 0 Å². The summed E-state index contributed by atoms with van der Waals surface area (Å²) in [6.45, 7) is 0.781. The van der Waals surface area contributed by atoms with E-state index in [9.17, 15) is 9.59 Å². The summed E-state index contributed by atoms with van der Waals surface area (Å²) in [4.78, 5) is 31.3. The third kappa shape index (κ3) is 3.02. The van der Waals surface area contributed by atoms with E-state index in [0.717, 1.165) is 10.2 Å². The number of carbonyl (C=O) groups is 2. The van der Waals surface area contributed by atoms with Crippen LogP contribution in [0.25, 0.3) is 10.2 Å². The highest BCUT2D eigenvalue weighted by atomic mass is 32.1. The number of benzene rings is 1. The molecular weight excluding hydrogens is 338 g/mol. The average molecular weight is 355 g/mol. The van der Waals surface area contributed by atoms with Crippen molar-refractivity contribution in [3.05, 3.63) is 53.2 Å². The zero-order chi connectivity index (χ0) is 17.4. The van der Waals surface area contributed by atoms with Crippen molar-refractivity contribution in [1.82, 2.24) is 9.47 Å². The molecule has 6 nitrogen and oxygen atoms in total. The van der Waals surface area contributed by atoms with Crippen LogP contribution in [0.1, 0.15) is 12.2 Å². The number of nitrogens with zero attached hydrogens (tertiary/aromatic N) is 3. The van der Waals surface area contributed by atoms with Gasteiger partial charge in [-0.1, -0.05) is 23.5 Å². The third-order valence-corrected chi connectivity index (χ3v) is 5.52. The highest BCUT2D eigenvalue weighted by molar-refractivity contribution is 7.16. The zero-order valence-corrected chi connectivity index (χ0v) is 14.5. The molecule has 3 heterocycles. The van der Waals surface area contributed by atoms with Crippen molar-refractivity contribution >= 4 is 33.4 Å². The Morgan fingerprint density at radius 3 is 2.92 bits per heavy atom. The number of aryl methyl sites for hydroxylation is 1. The van der Waals surface area contributed by atoms with Crippen LogP contribution in [0, 0.1) is 5.92 Å². The molecule has 0 N–H and O–H groups in total. The van der Waals surface area contributed by atoms with Crippen LogP contribution in [-0.2, 0) is 23.2 Å². The molecule has 0 aliphatic carbocycles. The van der Waals surface area contributed by atoms with Gasteiger partial charge in [0.1, 0.15) is 5.76 Å². The number of likely N-dealkylation sites (tertiary alicyclic amines) is 1. The highest BCUT2D eigenvalue weighted by Crippen LogP contribution is 2.22. The normalized spacial score (nSPS) is 18.4. The van der Waals surface area contributed by atoms with Gasteiger partial charge in [0.25, 0.3) is 5.91 Å². The first kappa shape index (κ1) is 15.8. The summed E-state index contributed by atoms with van der Waals surface area (Å²) in [5.74, 6) is 0.0464. The Kier molecular flexibility index (Phi) is 4.01. The minimum atomic E-state index is -0.396. The van der Waals surface area contributed by atoms with Gasteiger partial charge in [-0.05, 0) is 24.3 Å². The quantitative estimate of drug-likeness (QED) is 0.724. The number of furan rings is 1. The number of hydrogen-bond donors (Lipinski definition) is 0. The van der Waals surface area contributed by atoms with Gasteiger partial charge in [-0.15, -0.1) is 0 Å². The Hall–Kier alpha value is -2.67. The van der Waals surface area contributed by atoms with Crippen LogP contribution in [0.4, 0.5) is 0 Å². The molecule has 25 heavy (non-hydrogen) atoms. The number of rotatable bonds is 3. The Bertz CT molecular complexity index is 1000. The maximum atomic E-state index is 12.6. The smallest absolute Gasteiger partial charge is 0.253 e. The second-order valence-corrected chi connectivity index (χ2v) is 7.13. The van der Waals surface area contributed by atoms with Gasteiger partial charge in [0.2, 0.25) is 5.91 Å². The first-order valence-electron chi connectivity index (χ1n) is 8.05. The van der Waals surface area contributed by atoms with E-state index in [4.69, 9.17) is 4.42 Å². The minimum absolute atomic E-state index is 0.0364. The Labute approximate surface area is 148 Å². The first-order chi connectivity index (χ1) is 12.1. The van der Waals surface area contributed by atoms with E-state index in [1.165, 1.54) is 11.3 Å². The number of aromatic nitrogens is 1. The van der Waals surface area contributed by atoms with Crippen molar-refractivity contribution in [3.63, 3.8) is 0 Å². The molecule has 0 saturated carbocycles. The van der Waals surface area contributed by atoms with Crippen LogP contribution in [0.5, 0.6) is 0 Å². The van der Waals surface area contributed by atoms with Crippen LogP contribution in [-0.4, -0.2) is 27.8 Å². The summed E-state index contributed by atoms with van der Waals surface area (Å²) in [7, 11) is 1.90. The molecule has 0 bridgehead atoms. The van der Waals surface area contributed by atoms with Crippen molar-refractivity contribution in [2.24, 2.45) is 18.0 Å². The molecule has 2 amide bonds. The molecule has 1 aliphatic rings. The van der Waals surface area contributed by atoms with Gasteiger partial charge >= 0.3 is 0 Å². The summed E-state index contributed by atoms with van der Waals surface area (Å²) >= 11 is 1.48. The van der Waals surface area contributed by atoms with E-state index in [1.54, 1.807) is 17.2 Å². The topological polar surface area (TPSA) is 67.8 Å². The van der Waals surface area contributed by atoms with Crippen LogP contribution in [0.2, 0.25) is 0 Å². The first-order valence-corrected chi connectivity index (χ1v) is 8.87. The van der Waals surface area contributed by atoms with E-state index in [2.05, 4.69) is 4.99 Å². The van der Waals surface area contributed by atoms with E-state index in [0.29, 0.717) is 23.7 Å². The molecule has 1 saturated heterocycles. The summed E-state index contributed by atoms with van der Waals surface area (Å²) in [6.07, 6.45) is 1.78. The van der Waals surface area contributed by atoms with Crippen LogP contribution in [0.3, 0.4) is 0 Å². The van der Waals surface area contributed by atoms with Crippen molar-refractivity contribution < 1.29 is 14.0 Å². The number of thiazole rings is 1. The fourth-order valence-corrected chi connectivity index (χ4v) is 4.08. The molecule has 128 valence electrons. The monoisotopic (exact) mass is 355 g/mol. The molecule has 0 spiro atoms. The molecule has 0 radical (unpaired) electrons. The maximum Gasteiger partial charge on any atom is 0.253 e. The molecule has 7 heteroatoms. The molecule has 2 aromatic heterocycles. The number of para-hydroxylation sites is 1. The van der Waals surface area contributed by atoms with Gasteiger partial charge in [0.15, 0.2) is 4.80 Å². The fraction of sp³-hybridized carbons (Fsp3) is 0.278. The van der Waals surface area contributed by atoms with Gasteiger partial charge in [0, 0.05) is 20.0 Å². The predicted octanol–water partition coefficient (Wildman–Crippen LogP) is 2.31. The van der Waals surface area contributed by atoms with Crippen LogP contribution in [0.15, 0.2) is 52.1 Å². The van der Waals surface area contributed by atoms with Crippen molar-refractivity contribution in [2.75, 3.05) is 6.54 Å². The summed E-state index contributed by atoms with van der Waals surface area (Å²) in [5.41, 5.74) is 1.04. The third-order valence-electron chi connectivity index (χ3n) is 4.41. The van der Waals surface area contributed by atoms with Gasteiger partial charge in [-0.25, -0.2) is 0 Å². The lowest BCUT2D eigenvalue weighted by molar-refractivity contribution is -0.129. The van der Waals surface area contributed by atoms with Crippen LogP contribution < -0.4 is 4.80 Å². The van der Waals surface area contributed by atoms with Gasteiger partial charge in [-0.3, -0.25) is 9.59 Å². The second kappa shape index (κ2) is 6.33. The molecule has 1 atom stereocenters. The summed E-state index contributed by atoms with van der Waals surface area (Å²) in [6, 6.07) is 11.5. The number of fused-ring (bicyclic) bond motifs is 1. The Morgan fingerprint density at radius 2 is 2.16 bits per heavy atom. The summed E-state index contributed by atoms with van der Waals surface area (Å²) < 4.78 is 8.27. The predicted molar refractivity (Wildman–Crippen MR) is 93.6 cm³/mol. The number of hydrogen-bond acceptors (Lipinski definition) is 4. The average Bonchev–Trinajstić information content (AvgIpc) is 3.31. The van der Waals surface area contributed by atoms with Gasteiger partial charge in [0.05, 0.1) is 28.9 Å². The van der Waals surface area contributed by atoms with E-state index < -0.39 is 5.92 Å². The summed E-state index contributed by atoms with van der Waals surface area (Å²) in [5, 5.41) is 0. The largest absolute Gasteiger partial charge is 0.467 e. The second-order valence-electron chi connectivity index (χ2n) is 6.12. The molecular formula is C18H17N3O3S. The highest BCUT2D eigenvalue weighted by Gasteiger charge is 2.34. The van der Waals surface area contributed by atoms with E-state index in [1.807, 2.05) is 41.9 Å². The van der Waals surface area contributed by atoms with Gasteiger partial charge < -0.3 is 13.9 Å². The Morgan fingerprint density at radius 1 is 1.32 bits per heavy atom. The van der Waals surface area contributed by atoms with Gasteiger partial charge in [-0.2, -0.15) is 4.99 Å². The Balaban J connectivity index is 1.55. The SMILES string of the molecule is Cn1c(=NC(=O)[C@H]2CC(=O)N(Cc3ccco3)C2)sc2ccccc21. The molecule has 1 aromatic carbocycles. The molecule has 3 aromatic rings. The molecule has 0 unspecified atom stereocenters.